The number of rotatable bonds is 17. The lowest BCUT2D eigenvalue weighted by Gasteiger charge is -2.03. The normalized spacial score (nSPS) is 11.6. The molecule has 0 saturated carbocycles. The van der Waals surface area contributed by atoms with Gasteiger partial charge in [0.2, 0.25) is 0 Å². The zero-order valence-corrected chi connectivity index (χ0v) is 15.7. The van der Waals surface area contributed by atoms with Crippen LogP contribution in [-0.4, -0.2) is 24.3 Å². The van der Waals surface area contributed by atoms with Crippen LogP contribution in [0.3, 0.4) is 0 Å². The molecule has 0 rings (SSSR count). The van der Waals surface area contributed by atoms with Gasteiger partial charge in [-0.1, -0.05) is 63.3 Å². The molecule has 0 saturated heterocycles. The molecule has 0 spiro atoms. The Morgan fingerprint density at radius 2 is 1.46 bits per heavy atom. The quantitative estimate of drug-likeness (QED) is 0.209. The first-order chi connectivity index (χ1) is 11.8. The predicted molar refractivity (Wildman–Crippen MR) is 102 cm³/mol. The molecule has 3 heteroatoms. The van der Waals surface area contributed by atoms with Gasteiger partial charge in [-0.3, -0.25) is 4.79 Å². The molecular weight excluding hydrogens is 300 g/mol. The molecule has 0 radical (unpaired) electrons. The summed E-state index contributed by atoms with van der Waals surface area (Å²) in [5.41, 5.74) is 0. The van der Waals surface area contributed by atoms with Gasteiger partial charge in [0.15, 0.2) is 0 Å². The fraction of sp³-hybridized carbons (Fsp3) is 0.762. The van der Waals surface area contributed by atoms with Crippen molar-refractivity contribution in [3.63, 3.8) is 0 Å². The SMILES string of the molecule is CCCCCC=CCC=CCCCCCCCC(=O)OCCCO. The minimum absolute atomic E-state index is 0.0803. The van der Waals surface area contributed by atoms with Crippen molar-refractivity contribution in [1.29, 1.82) is 0 Å². The first-order valence-corrected chi connectivity index (χ1v) is 9.87. The van der Waals surface area contributed by atoms with Crippen LogP contribution in [0.15, 0.2) is 24.3 Å². The number of esters is 1. The van der Waals surface area contributed by atoms with Gasteiger partial charge < -0.3 is 9.84 Å². The summed E-state index contributed by atoms with van der Waals surface area (Å²) in [4.78, 5) is 11.3. The van der Waals surface area contributed by atoms with Crippen molar-refractivity contribution in [1.82, 2.24) is 0 Å². The average Bonchev–Trinajstić information content (AvgIpc) is 2.58. The maximum Gasteiger partial charge on any atom is 0.305 e. The van der Waals surface area contributed by atoms with Crippen molar-refractivity contribution in [2.45, 2.75) is 90.4 Å². The van der Waals surface area contributed by atoms with Crippen molar-refractivity contribution in [2.24, 2.45) is 0 Å². The van der Waals surface area contributed by atoms with E-state index < -0.39 is 0 Å². The number of carbonyl (C=O) groups excluding carboxylic acids is 1. The molecule has 1 N–H and O–H groups in total. The Morgan fingerprint density at radius 3 is 2.12 bits per heavy atom. The third kappa shape index (κ3) is 19.0. The second-order valence-electron chi connectivity index (χ2n) is 6.28. The smallest absolute Gasteiger partial charge is 0.305 e. The molecule has 3 nitrogen and oxygen atoms in total. The number of carbonyl (C=O) groups is 1. The Labute approximate surface area is 149 Å². The fourth-order valence-corrected chi connectivity index (χ4v) is 2.40. The van der Waals surface area contributed by atoms with Crippen molar-refractivity contribution in [2.75, 3.05) is 13.2 Å². The summed E-state index contributed by atoms with van der Waals surface area (Å²) in [7, 11) is 0. The molecular formula is C21H38O3. The van der Waals surface area contributed by atoms with Crippen molar-refractivity contribution in [3.05, 3.63) is 24.3 Å². The summed E-state index contributed by atoms with van der Waals surface area (Å²) in [6.07, 6.45) is 23.2. The van der Waals surface area contributed by atoms with Gasteiger partial charge in [-0.2, -0.15) is 0 Å². The Hall–Kier alpha value is -1.09. The highest BCUT2D eigenvalue weighted by molar-refractivity contribution is 5.69. The lowest BCUT2D eigenvalue weighted by atomic mass is 10.1. The van der Waals surface area contributed by atoms with Crippen molar-refractivity contribution < 1.29 is 14.6 Å². The highest BCUT2D eigenvalue weighted by atomic mass is 16.5. The maximum atomic E-state index is 11.3. The van der Waals surface area contributed by atoms with Crippen LogP contribution in [0.2, 0.25) is 0 Å². The van der Waals surface area contributed by atoms with Gasteiger partial charge in [-0.05, 0) is 38.5 Å². The number of aliphatic hydroxyl groups excluding tert-OH is 1. The van der Waals surface area contributed by atoms with Gasteiger partial charge in [-0.15, -0.1) is 0 Å². The van der Waals surface area contributed by atoms with E-state index in [1.165, 1.54) is 44.9 Å². The van der Waals surface area contributed by atoms with Crippen LogP contribution in [0.1, 0.15) is 90.4 Å². The van der Waals surface area contributed by atoms with E-state index >= 15 is 0 Å². The van der Waals surface area contributed by atoms with E-state index in [0.29, 0.717) is 19.4 Å². The third-order valence-corrected chi connectivity index (χ3v) is 3.90. The van der Waals surface area contributed by atoms with E-state index in [4.69, 9.17) is 9.84 Å². The number of allylic oxidation sites excluding steroid dienone is 4. The molecule has 0 aliphatic heterocycles. The number of hydrogen-bond acceptors (Lipinski definition) is 3. The van der Waals surface area contributed by atoms with Gasteiger partial charge in [0.05, 0.1) is 6.61 Å². The van der Waals surface area contributed by atoms with E-state index in [-0.39, 0.29) is 12.6 Å². The highest BCUT2D eigenvalue weighted by Gasteiger charge is 2.01. The van der Waals surface area contributed by atoms with Crippen LogP contribution in [0.25, 0.3) is 0 Å². The summed E-state index contributed by atoms with van der Waals surface area (Å²) in [6, 6.07) is 0. The van der Waals surface area contributed by atoms with Gasteiger partial charge in [0.1, 0.15) is 0 Å². The summed E-state index contributed by atoms with van der Waals surface area (Å²) in [5.74, 6) is -0.130. The molecule has 0 atom stereocenters. The van der Waals surface area contributed by atoms with E-state index in [0.717, 1.165) is 25.7 Å². The predicted octanol–water partition coefficient (Wildman–Crippen LogP) is 5.73. The second kappa shape index (κ2) is 20.0. The second-order valence-corrected chi connectivity index (χ2v) is 6.28. The minimum atomic E-state index is -0.130. The van der Waals surface area contributed by atoms with Crippen molar-refractivity contribution in [3.8, 4) is 0 Å². The van der Waals surface area contributed by atoms with Gasteiger partial charge in [0.25, 0.3) is 0 Å². The number of ether oxygens (including phenoxy) is 1. The average molecular weight is 339 g/mol. The Bertz CT molecular complexity index is 321. The Kier molecular flexibility index (Phi) is 19.0. The largest absolute Gasteiger partial charge is 0.466 e. The molecule has 0 unspecified atom stereocenters. The van der Waals surface area contributed by atoms with E-state index in [2.05, 4.69) is 31.2 Å². The molecule has 0 aliphatic rings. The highest BCUT2D eigenvalue weighted by Crippen LogP contribution is 2.08. The van der Waals surface area contributed by atoms with E-state index in [1.54, 1.807) is 0 Å². The minimum Gasteiger partial charge on any atom is -0.466 e. The molecule has 0 fully saturated rings. The lowest BCUT2D eigenvalue weighted by Crippen LogP contribution is -2.06. The topological polar surface area (TPSA) is 46.5 Å². The van der Waals surface area contributed by atoms with Crippen LogP contribution >= 0.6 is 0 Å². The third-order valence-electron chi connectivity index (χ3n) is 3.90. The first-order valence-electron chi connectivity index (χ1n) is 9.87. The molecule has 24 heavy (non-hydrogen) atoms. The van der Waals surface area contributed by atoms with Gasteiger partial charge in [0, 0.05) is 19.4 Å². The number of unbranched alkanes of at least 4 members (excludes halogenated alkanes) is 8. The molecule has 0 aromatic rings. The first kappa shape index (κ1) is 22.9. The lowest BCUT2D eigenvalue weighted by molar-refractivity contribution is -0.144. The van der Waals surface area contributed by atoms with Gasteiger partial charge >= 0.3 is 5.97 Å². The van der Waals surface area contributed by atoms with E-state index in [9.17, 15) is 4.79 Å². The molecule has 140 valence electrons. The monoisotopic (exact) mass is 338 g/mol. The molecule has 0 aromatic heterocycles. The molecule has 0 aromatic carbocycles. The summed E-state index contributed by atoms with van der Waals surface area (Å²) in [5, 5.41) is 8.60. The molecule has 0 bridgehead atoms. The van der Waals surface area contributed by atoms with Crippen molar-refractivity contribution >= 4 is 5.97 Å². The summed E-state index contributed by atoms with van der Waals surface area (Å²) in [6.45, 7) is 2.66. The molecule has 0 heterocycles. The number of hydrogen-bond donors (Lipinski definition) is 1. The van der Waals surface area contributed by atoms with Crippen LogP contribution < -0.4 is 0 Å². The molecule has 0 amide bonds. The van der Waals surface area contributed by atoms with E-state index in [1.807, 2.05) is 0 Å². The summed E-state index contributed by atoms with van der Waals surface area (Å²) >= 11 is 0. The number of aliphatic hydroxyl groups is 1. The zero-order chi connectivity index (χ0) is 17.7. The maximum absolute atomic E-state index is 11.3. The fourth-order valence-electron chi connectivity index (χ4n) is 2.40. The Morgan fingerprint density at radius 1 is 0.833 bits per heavy atom. The standard InChI is InChI=1S/C21H38O3/c1-2-3-4-5-6-7-8-9-10-11-12-13-14-15-16-18-21(23)24-20-17-19-22/h6-7,9-10,22H,2-5,8,11-20H2,1H3. The van der Waals surface area contributed by atoms with Crippen LogP contribution in [0, 0.1) is 0 Å². The zero-order valence-electron chi connectivity index (χ0n) is 15.7. The molecule has 0 aliphatic carbocycles. The van der Waals surface area contributed by atoms with Crippen LogP contribution in [-0.2, 0) is 9.53 Å². The van der Waals surface area contributed by atoms with Crippen LogP contribution in [0.4, 0.5) is 0 Å². The summed E-state index contributed by atoms with van der Waals surface area (Å²) < 4.78 is 4.99. The van der Waals surface area contributed by atoms with Crippen LogP contribution in [0.5, 0.6) is 0 Å². The van der Waals surface area contributed by atoms with Gasteiger partial charge in [-0.25, -0.2) is 0 Å². The Balaban J connectivity index is 3.24.